The average molecular weight is 335 g/mol. The second-order valence-electron chi connectivity index (χ2n) is 6.80. The van der Waals surface area contributed by atoms with E-state index in [2.05, 4.69) is 31.2 Å². The molecule has 2 N–H and O–H groups in total. The maximum absolute atomic E-state index is 10.4. The molecule has 0 radical (unpaired) electrons. The van der Waals surface area contributed by atoms with Gasteiger partial charge in [0, 0.05) is 6.42 Å². The van der Waals surface area contributed by atoms with Gasteiger partial charge in [0.2, 0.25) is 0 Å². The molecule has 3 nitrogen and oxygen atoms in total. The third-order valence-electron chi connectivity index (χ3n) is 4.38. The van der Waals surface area contributed by atoms with Crippen molar-refractivity contribution in [3.8, 4) is 0 Å². The number of hydrogen-bond acceptors (Lipinski definition) is 2. The van der Waals surface area contributed by atoms with Crippen LogP contribution in [0.3, 0.4) is 0 Å². The number of aliphatic carboxylic acids is 1. The molecule has 0 amide bonds. The predicted molar refractivity (Wildman–Crippen MR) is 99.9 cm³/mol. The molecule has 3 heteroatoms. The van der Waals surface area contributed by atoms with Crippen molar-refractivity contribution in [2.24, 2.45) is 11.8 Å². The molecular formula is C21H34O3. The van der Waals surface area contributed by atoms with Crippen LogP contribution in [-0.4, -0.2) is 22.3 Å². The summed E-state index contributed by atoms with van der Waals surface area (Å²) in [4.78, 5) is 10.4. The number of aliphatic hydroxyl groups is 1. The maximum atomic E-state index is 10.4. The monoisotopic (exact) mass is 334 g/mol. The summed E-state index contributed by atoms with van der Waals surface area (Å²) in [5, 5.41) is 18.4. The van der Waals surface area contributed by atoms with Crippen LogP contribution >= 0.6 is 0 Å². The summed E-state index contributed by atoms with van der Waals surface area (Å²) in [5.74, 6) is 0.642. The molecule has 136 valence electrons. The Morgan fingerprint density at radius 2 is 1.67 bits per heavy atom. The first-order chi connectivity index (χ1) is 11.6. The Morgan fingerprint density at radius 3 is 2.38 bits per heavy atom. The van der Waals surface area contributed by atoms with Gasteiger partial charge in [-0.05, 0) is 56.8 Å². The highest BCUT2D eigenvalue weighted by atomic mass is 16.4. The molecule has 1 fully saturated rings. The van der Waals surface area contributed by atoms with Crippen LogP contribution in [-0.2, 0) is 4.79 Å². The van der Waals surface area contributed by atoms with Gasteiger partial charge >= 0.3 is 5.97 Å². The molecule has 1 saturated carbocycles. The Hall–Kier alpha value is -1.35. The largest absolute Gasteiger partial charge is 0.481 e. The second kappa shape index (κ2) is 13.0. The molecule has 0 aromatic rings. The van der Waals surface area contributed by atoms with Gasteiger partial charge < -0.3 is 10.2 Å². The zero-order chi connectivity index (χ0) is 17.6. The van der Waals surface area contributed by atoms with Crippen molar-refractivity contribution in [2.75, 3.05) is 0 Å². The lowest BCUT2D eigenvalue weighted by molar-refractivity contribution is -0.137. The van der Waals surface area contributed by atoms with E-state index < -0.39 is 5.97 Å². The van der Waals surface area contributed by atoms with Gasteiger partial charge in [0.25, 0.3) is 0 Å². The quantitative estimate of drug-likeness (QED) is 0.336. The topological polar surface area (TPSA) is 57.5 Å². The minimum absolute atomic E-state index is 0.214. The van der Waals surface area contributed by atoms with Crippen LogP contribution < -0.4 is 0 Å². The Kier molecular flexibility index (Phi) is 11.2. The number of aliphatic hydroxyl groups excluding tert-OH is 1. The van der Waals surface area contributed by atoms with Crippen molar-refractivity contribution < 1.29 is 15.0 Å². The first-order valence-corrected chi connectivity index (χ1v) is 9.51. The van der Waals surface area contributed by atoms with Gasteiger partial charge in [-0.15, -0.1) is 0 Å². The number of carboxylic acid groups (broad SMARTS) is 1. The summed E-state index contributed by atoms with van der Waals surface area (Å²) in [5.41, 5.74) is 0. The maximum Gasteiger partial charge on any atom is 0.303 e. The molecule has 1 rings (SSSR count). The van der Waals surface area contributed by atoms with Crippen molar-refractivity contribution in [3.05, 3.63) is 36.5 Å². The molecule has 0 bridgehead atoms. The normalized spacial score (nSPS) is 21.9. The van der Waals surface area contributed by atoms with Gasteiger partial charge in [-0.2, -0.15) is 0 Å². The molecule has 0 aromatic carbocycles. The highest BCUT2D eigenvalue weighted by Crippen LogP contribution is 2.41. The Labute approximate surface area is 147 Å². The van der Waals surface area contributed by atoms with Gasteiger partial charge in [0.05, 0.1) is 6.10 Å². The number of unbranched alkanes of at least 4 members (excludes halogenated alkanes) is 4. The van der Waals surface area contributed by atoms with E-state index >= 15 is 0 Å². The lowest BCUT2D eigenvalue weighted by atomic mass is 10.1. The molecule has 0 spiro atoms. The molecule has 0 aliphatic heterocycles. The van der Waals surface area contributed by atoms with Gasteiger partial charge in [-0.1, -0.05) is 56.2 Å². The van der Waals surface area contributed by atoms with Crippen molar-refractivity contribution in [1.82, 2.24) is 0 Å². The van der Waals surface area contributed by atoms with Crippen LogP contribution in [0.1, 0.15) is 71.1 Å². The summed E-state index contributed by atoms with van der Waals surface area (Å²) in [7, 11) is 0. The van der Waals surface area contributed by atoms with Crippen molar-refractivity contribution in [1.29, 1.82) is 0 Å². The van der Waals surface area contributed by atoms with Gasteiger partial charge in [-0.25, -0.2) is 0 Å². The molecule has 1 aliphatic carbocycles. The minimum Gasteiger partial charge on any atom is -0.481 e. The van der Waals surface area contributed by atoms with Gasteiger partial charge in [-0.3, -0.25) is 4.79 Å². The van der Waals surface area contributed by atoms with Crippen LogP contribution in [0, 0.1) is 11.8 Å². The predicted octanol–water partition coefficient (Wildman–Crippen LogP) is 5.27. The Balaban J connectivity index is 2.02. The van der Waals surface area contributed by atoms with E-state index in [-0.39, 0.29) is 12.5 Å². The van der Waals surface area contributed by atoms with E-state index in [1.54, 1.807) is 0 Å². The fourth-order valence-electron chi connectivity index (χ4n) is 2.71. The zero-order valence-electron chi connectivity index (χ0n) is 15.1. The van der Waals surface area contributed by atoms with Gasteiger partial charge in [0.1, 0.15) is 0 Å². The van der Waals surface area contributed by atoms with Crippen LogP contribution in [0.4, 0.5) is 0 Å². The molecule has 24 heavy (non-hydrogen) atoms. The molecule has 0 heterocycles. The SMILES string of the molecule is CCCCC/C=C\[C@H]1C[C@@H]1/C=C/C[C@H](O)C/C=C\CCCC(=O)O. The summed E-state index contributed by atoms with van der Waals surface area (Å²) in [6.07, 6.45) is 22.0. The van der Waals surface area contributed by atoms with E-state index in [4.69, 9.17) is 5.11 Å². The molecule has 0 aromatic heterocycles. The molecule has 0 unspecified atom stereocenters. The van der Waals surface area contributed by atoms with Crippen LogP contribution in [0.15, 0.2) is 36.5 Å². The number of carbonyl (C=O) groups is 1. The van der Waals surface area contributed by atoms with Gasteiger partial charge in [0.15, 0.2) is 0 Å². The average Bonchev–Trinajstić information content (AvgIpc) is 3.28. The third-order valence-corrected chi connectivity index (χ3v) is 4.38. The van der Waals surface area contributed by atoms with E-state index in [0.29, 0.717) is 31.1 Å². The van der Waals surface area contributed by atoms with Crippen molar-refractivity contribution in [2.45, 2.75) is 77.2 Å². The summed E-state index contributed by atoms with van der Waals surface area (Å²) in [6.45, 7) is 2.23. The molecule has 3 atom stereocenters. The first-order valence-electron chi connectivity index (χ1n) is 9.51. The highest BCUT2D eigenvalue weighted by Gasteiger charge is 2.31. The number of allylic oxidation sites excluding steroid dienone is 4. The molecule has 1 aliphatic rings. The summed E-state index contributed by atoms with van der Waals surface area (Å²) in [6, 6.07) is 0. The van der Waals surface area contributed by atoms with Crippen LogP contribution in [0.2, 0.25) is 0 Å². The third kappa shape index (κ3) is 11.2. The smallest absolute Gasteiger partial charge is 0.303 e. The standard InChI is InChI=1S/C21H34O3/c1-2-3-4-5-8-12-18-17-19(18)13-11-15-20(22)14-9-6-7-10-16-21(23)24/h6,8-9,11-13,18-20,22H,2-5,7,10,14-17H2,1H3,(H,23,24)/b9-6-,12-8-,13-11+/t18-,19-,20+/m0/s1. The van der Waals surface area contributed by atoms with E-state index in [1.165, 1.54) is 32.1 Å². The van der Waals surface area contributed by atoms with E-state index in [1.807, 2.05) is 12.2 Å². The fourth-order valence-corrected chi connectivity index (χ4v) is 2.71. The van der Waals surface area contributed by atoms with E-state index in [0.717, 1.165) is 6.42 Å². The van der Waals surface area contributed by atoms with Crippen LogP contribution in [0.5, 0.6) is 0 Å². The fraction of sp³-hybridized carbons (Fsp3) is 0.667. The zero-order valence-corrected chi connectivity index (χ0v) is 15.1. The summed E-state index contributed by atoms with van der Waals surface area (Å²) >= 11 is 0. The molecular weight excluding hydrogens is 300 g/mol. The van der Waals surface area contributed by atoms with Crippen LogP contribution in [0.25, 0.3) is 0 Å². The van der Waals surface area contributed by atoms with Crippen molar-refractivity contribution in [3.63, 3.8) is 0 Å². The Bertz CT molecular complexity index is 423. The summed E-state index contributed by atoms with van der Waals surface area (Å²) < 4.78 is 0. The number of hydrogen-bond donors (Lipinski definition) is 2. The number of rotatable bonds is 14. The molecule has 0 saturated heterocycles. The minimum atomic E-state index is -0.747. The first kappa shape index (κ1) is 20.7. The Morgan fingerprint density at radius 1 is 1.00 bits per heavy atom. The van der Waals surface area contributed by atoms with E-state index in [9.17, 15) is 9.90 Å². The van der Waals surface area contributed by atoms with Crippen molar-refractivity contribution >= 4 is 5.97 Å². The lowest BCUT2D eigenvalue weighted by Gasteiger charge is -2.03. The second-order valence-corrected chi connectivity index (χ2v) is 6.80. The number of carboxylic acids is 1. The highest BCUT2D eigenvalue weighted by molar-refractivity contribution is 5.66. The lowest BCUT2D eigenvalue weighted by Crippen LogP contribution is -2.02.